The van der Waals surface area contributed by atoms with Gasteiger partial charge in [-0.25, -0.2) is 15.0 Å². The third-order valence-electron chi connectivity index (χ3n) is 4.00. The van der Waals surface area contributed by atoms with Gasteiger partial charge in [0.15, 0.2) is 0 Å². The Bertz CT molecular complexity index is 633. The van der Waals surface area contributed by atoms with Crippen molar-refractivity contribution in [2.75, 3.05) is 6.54 Å². The fourth-order valence-corrected chi connectivity index (χ4v) is 3.54. The molecule has 2 aromatic heterocycles. The van der Waals surface area contributed by atoms with Gasteiger partial charge < -0.3 is 0 Å². The second-order valence-corrected chi connectivity index (χ2v) is 6.76. The second kappa shape index (κ2) is 4.90. The minimum Gasteiger partial charge on any atom is -0.292 e. The van der Waals surface area contributed by atoms with Crippen molar-refractivity contribution in [1.29, 1.82) is 0 Å². The van der Waals surface area contributed by atoms with E-state index in [2.05, 4.69) is 33.4 Å². The molecule has 4 nitrogen and oxygen atoms in total. The Morgan fingerprint density at radius 2 is 2.25 bits per heavy atom. The molecule has 0 bridgehead atoms. The monoisotopic (exact) mass is 286 g/mol. The largest absolute Gasteiger partial charge is 0.292 e. The maximum atomic E-state index is 4.77. The molecule has 0 N–H and O–H groups in total. The van der Waals surface area contributed by atoms with Crippen molar-refractivity contribution in [1.82, 2.24) is 19.9 Å². The van der Waals surface area contributed by atoms with Gasteiger partial charge in [0.2, 0.25) is 0 Å². The van der Waals surface area contributed by atoms with Gasteiger partial charge in [0.05, 0.1) is 6.54 Å². The Morgan fingerprint density at radius 3 is 3.00 bits per heavy atom. The lowest BCUT2D eigenvalue weighted by molar-refractivity contribution is 0.242. The van der Waals surface area contributed by atoms with Crippen LogP contribution in [0.3, 0.4) is 0 Å². The number of hydrogen-bond donors (Lipinski definition) is 0. The highest BCUT2D eigenvalue weighted by Gasteiger charge is 2.28. The van der Waals surface area contributed by atoms with Gasteiger partial charge in [0.1, 0.15) is 10.8 Å². The van der Waals surface area contributed by atoms with Crippen molar-refractivity contribution in [3.63, 3.8) is 0 Å². The summed E-state index contributed by atoms with van der Waals surface area (Å²) in [5.41, 5.74) is 3.70. The van der Waals surface area contributed by atoms with Crippen LogP contribution >= 0.6 is 11.3 Å². The van der Waals surface area contributed by atoms with Crippen LogP contribution < -0.4 is 0 Å². The molecule has 0 amide bonds. The molecule has 1 fully saturated rings. The molecule has 1 aliphatic heterocycles. The van der Waals surface area contributed by atoms with Crippen LogP contribution in [-0.4, -0.2) is 26.4 Å². The average Bonchev–Trinajstić information content (AvgIpc) is 3.22. The zero-order chi connectivity index (χ0) is 13.5. The van der Waals surface area contributed by atoms with Gasteiger partial charge in [-0.05, 0) is 19.8 Å². The highest BCUT2D eigenvalue weighted by Crippen LogP contribution is 2.38. The van der Waals surface area contributed by atoms with E-state index in [9.17, 15) is 0 Å². The molecule has 2 aliphatic rings. The van der Waals surface area contributed by atoms with Crippen LogP contribution in [0, 0.1) is 6.92 Å². The molecule has 0 radical (unpaired) electrons. The van der Waals surface area contributed by atoms with Crippen LogP contribution in [0.2, 0.25) is 0 Å². The third-order valence-corrected chi connectivity index (χ3v) is 4.95. The van der Waals surface area contributed by atoms with Crippen molar-refractivity contribution < 1.29 is 0 Å². The van der Waals surface area contributed by atoms with Gasteiger partial charge in [-0.3, -0.25) is 4.90 Å². The first-order valence-corrected chi connectivity index (χ1v) is 8.14. The standard InChI is InChI=1S/C15H18N4S/c1-10-9-20-14(17-10)8-19-5-4-13-12(7-19)6-16-15(18-13)11-2-3-11/h6,9,11H,2-5,7-8H2,1H3. The summed E-state index contributed by atoms with van der Waals surface area (Å²) in [5, 5.41) is 3.33. The Morgan fingerprint density at radius 1 is 1.35 bits per heavy atom. The molecule has 3 heterocycles. The van der Waals surface area contributed by atoms with E-state index in [0.29, 0.717) is 5.92 Å². The molecular weight excluding hydrogens is 268 g/mol. The van der Waals surface area contributed by atoms with Gasteiger partial charge in [-0.2, -0.15) is 0 Å². The minimum atomic E-state index is 0.650. The van der Waals surface area contributed by atoms with E-state index in [1.165, 1.54) is 29.1 Å². The molecule has 5 heteroatoms. The summed E-state index contributed by atoms with van der Waals surface area (Å²) < 4.78 is 0. The van der Waals surface area contributed by atoms with E-state index in [1.54, 1.807) is 11.3 Å². The van der Waals surface area contributed by atoms with Crippen molar-refractivity contribution in [2.45, 2.75) is 45.2 Å². The Labute approximate surface area is 122 Å². The topological polar surface area (TPSA) is 41.9 Å². The Kier molecular flexibility index (Phi) is 3.04. The number of fused-ring (bicyclic) bond motifs is 1. The normalized spacial score (nSPS) is 19.1. The molecule has 20 heavy (non-hydrogen) atoms. The van der Waals surface area contributed by atoms with E-state index in [4.69, 9.17) is 4.98 Å². The summed E-state index contributed by atoms with van der Waals surface area (Å²) in [6, 6.07) is 0. The third kappa shape index (κ3) is 2.47. The van der Waals surface area contributed by atoms with E-state index in [-0.39, 0.29) is 0 Å². The quantitative estimate of drug-likeness (QED) is 0.870. The maximum Gasteiger partial charge on any atom is 0.131 e. The number of aromatic nitrogens is 3. The average molecular weight is 286 g/mol. The van der Waals surface area contributed by atoms with Crippen LogP contribution in [0.4, 0.5) is 0 Å². The summed E-state index contributed by atoms with van der Waals surface area (Å²) >= 11 is 1.76. The predicted molar refractivity (Wildman–Crippen MR) is 78.7 cm³/mol. The molecule has 0 aromatic carbocycles. The van der Waals surface area contributed by atoms with E-state index in [0.717, 1.165) is 37.6 Å². The lowest BCUT2D eigenvalue weighted by atomic mass is 10.1. The van der Waals surface area contributed by atoms with Crippen LogP contribution in [-0.2, 0) is 19.5 Å². The van der Waals surface area contributed by atoms with Gasteiger partial charge in [-0.1, -0.05) is 0 Å². The van der Waals surface area contributed by atoms with Gasteiger partial charge in [-0.15, -0.1) is 11.3 Å². The van der Waals surface area contributed by atoms with E-state index >= 15 is 0 Å². The second-order valence-electron chi connectivity index (χ2n) is 5.82. The summed E-state index contributed by atoms with van der Waals surface area (Å²) in [6.45, 7) is 5.03. The number of hydrogen-bond acceptors (Lipinski definition) is 5. The van der Waals surface area contributed by atoms with Crippen molar-refractivity contribution >= 4 is 11.3 Å². The van der Waals surface area contributed by atoms with Gasteiger partial charge in [0, 0.05) is 54.0 Å². The molecule has 1 saturated carbocycles. The van der Waals surface area contributed by atoms with Crippen LogP contribution in [0.1, 0.15) is 46.5 Å². The van der Waals surface area contributed by atoms with Crippen molar-refractivity contribution in [3.8, 4) is 0 Å². The number of thiazole rings is 1. The highest BCUT2D eigenvalue weighted by molar-refractivity contribution is 7.09. The van der Waals surface area contributed by atoms with Crippen molar-refractivity contribution in [2.24, 2.45) is 0 Å². The first-order chi connectivity index (χ1) is 9.78. The molecular formula is C15H18N4S. The first-order valence-electron chi connectivity index (χ1n) is 7.26. The smallest absolute Gasteiger partial charge is 0.131 e. The summed E-state index contributed by atoms with van der Waals surface area (Å²) in [6.07, 6.45) is 5.64. The maximum absolute atomic E-state index is 4.77. The molecule has 104 valence electrons. The zero-order valence-electron chi connectivity index (χ0n) is 11.7. The molecule has 0 spiro atoms. The predicted octanol–water partition coefficient (Wildman–Crippen LogP) is 2.68. The summed E-state index contributed by atoms with van der Waals surface area (Å²) in [5.74, 6) is 1.73. The number of rotatable bonds is 3. The lowest BCUT2D eigenvalue weighted by Crippen LogP contribution is -2.31. The molecule has 0 saturated heterocycles. The van der Waals surface area contributed by atoms with Gasteiger partial charge >= 0.3 is 0 Å². The lowest BCUT2D eigenvalue weighted by Gasteiger charge is -2.27. The summed E-state index contributed by atoms with van der Waals surface area (Å²) in [4.78, 5) is 16.3. The van der Waals surface area contributed by atoms with Crippen LogP contribution in [0.25, 0.3) is 0 Å². The Balaban J connectivity index is 1.48. The van der Waals surface area contributed by atoms with Crippen LogP contribution in [0.15, 0.2) is 11.6 Å². The Hall–Kier alpha value is -1.33. The number of aryl methyl sites for hydroxylation is 1. The molecule has 4 rings (SSSR count). The fourth-order valence-electron chi connectivity index (χ4n) is 2.73. The minimum absolute atomic E-state index is 0.650. The number of nitrogens with zero attached hydrogens (tertiary/aromatic N) is 4. The molecule has 1 aliphatic carbocycles. The fraction of sp³-hybridized carbons (Fsp3) is 0.533. The van der Waals surface area contributed by atoms with E-state index in [1.807, 2.05) is 0 Å². The molecule has 0 unspecified atom stereocenters. The molecule has 0 atom stereocenters. The van der Waals surface area contributed by atoms with Gasteiger partial charge in [0.25, 0.3) is 0 Å². The molecule has 2 aromatic rings. The SMILES string of the molecule is Cc1csc(CN2CCc3nc(C4CC4)ncc3C2)n1. The zero-order valence-corrected chi connectivity index (χ0v) is 12.5. The van der Waals surface area contributed by atoms with Crippen molar-refractivity contribution in [3.05, 3.63) is 39.4 Å². The van der Waals surface area contributed by atoms with E-state index < -0.39 is 0 Å². The summed E-state index contributed by atoms with van der Waals surface area (Å²) in [7, 11) is 0. The van der Waals surface area contributed by atoms with Crippen LogP contribution in [0.5, 0.6) is 0 Å². The highest BCUT2D eigenvalue weighted by atomic mass is 32.1. The first kappa shape index (κ1) is 12.4.